The highest BCUT2D eigenvalue weighted by Gasteiger charge is 2.47. The number of ether oxygens (including phenoxy) is 1. The fourth-order valence-corrected chi connectivity index (χ4v) is 2.21. The second-order valence-electron chi connectivity index (χ2n) is 4.68. The van der Waals surface area contributed by atoms with Crippen molar-refractivity contribution in [2.45, 2.75) is 12.1 Å². The molecule has 114 valence electrons. The molecule has 1 aromatic carbocycles. The number of halogens is 3. The van der Waals surface area contributed by atoms with Crippen molar-refractivity contribution in [3.63, 3.8) is 0 Å². The van der Waals surface area contributed by atoms with Crippen molar-refractivity contribution < 1.29 is 32.6 Å². The normalized spacial score (nSPS) is 21.4. The Bertz CT molecular complexity index is 607. The number of likely N-dealkylation sites (tertiary alicyclic amines) is 1. The van der Waals surface area contributed by atoms with Gasteiger partial charge in [-0.15, -0.1) is 0 Å². The van der Waals surface area contributed by atoms with Crippen molar-refractivity contribution in [2.75, 3.05) is 20.2 Å². The van der Waals surface area contributed by atoms with Gasteiger partial charge in [0.1, 0.15) is 11.4 Å². The molecule has 1 atom stereocenters. The highest BCUT2D eigenvalue weighted by Crippen LogP contribution is 2.31. The first kappa shape index (κ1) is 15.1. The number of nitrogens with zero attached hydrogens (tertiary/aromatic N) is 1. The van der Waals surface area contributed by atoms with Crippen LogP contribution >= 0.6 is 0 Å². The molecule has 1 aromatic rings. The van der Waals surface area contributed by atoms with Crippen LogP contribution in [0, 0.1) is 11.6 Å². The molecule has 1 heterocycles. The first-order valence-electron chi connectivity index (χ1n) is 6.04. The van der Waals surface area contributed by atoms with Crippen molar-refractivity contribution in [3.8, 4) is 5.75 Å². The monoisotopic (exact) mass is 303 g/mol. The number of rotatable bonds is 3. The number of amides is 1. The maximum absolute atomic E-state index is 13.9. The van der Waals surface area contributed by atoms with Gasteiger partial charge >= 0.3 is 5.97 Å². The van der Waals surface area contributed by atoms with Gasteiger partial charge in [0.05, 0.1) is 13.7 Å². The predicted molar refractivity (Wildman–Crippen MR) is 64.9 cm³/mol. The number of hydrogen-bond donors (Lipinski definition) is 1. The first-order valence-corrected chi connectivity index (χ1v) is 6.04. The number of carboxylic acid groups (broad SMARTS) is 1. The van der Waals surface area contributed by atoms with Gasteiger partial charge in [-0.2, -0.15) is 0 Å². The van der Waals surface area contributed by atoms with Crippen LogP contribution in [0.1, 0.15) is 16.8 Å². The standard InChI is InChI=1S/C13H12F3NO4/c1-21-10-8(15)3-2-7(14)9(10)11(18)17-5-4-13(16,6-17)12(19)20/h2-3H,4-6H2,1H3,(H,19,20). The first-order chi connectivity index (χ1) is 9.80. The van der Waals surface area contributed by atoms with Gasteiger partial charge in [0.25, 0.3) is 5.91 Å². The summed E-state index contributed by atoms with van der Waals surface area (Å²) in [5, 5.41) is 8.77. The smallest absolute Gasteiger partial charge is 0.343 e. The predicted octanol–water partition coefficient (Wildman–Crippen LogP) is 1.61. The van der Waals surface area contributed by atoms with Crippen LogP contribution < -0.4 is 4.74 Å². The van der Waals surface area contributed by atoms with Crippen molar-refractivity contribution in [1.29, 1.82) is 0 Å². The average Bonchev–Trinajstić information content (AvgIpc) is 2.84. The van der Waals surface area contributed by atoms with E-state index in [-0.39, 0.29) is 6.54 Å². The molecular formula is C13H12F3NO4. The summed E-state index contributed by atoms with van der Waals surface area (Å²) in [6, 6.07) is 1.55. The minimum absolute atomic E-state index is 0.208. The molecule has 1 aliphatic rings. The zero-order chi connectivity index (χ0) is 15.8. The topological polar surface area (TPSA) is 66.8 Å². The summed E-state index contributed by atoms with van der Waals surface area (Å²) in [7, 11) is 1.06. The molecule has 1 unspecified atom stereocenters. The second-order valence-corrected chi connectivity index (χ2v) is 4.68. The van der Waals surface area contributed by atoms with E-state index in [0.29, 0.717) is 0 Å². The highest BCUT2D eigenvalue weighted by atomic mass is 19.1. The lowest BCUT2D eigenvalue weighted by atomic mass is 10.1. The Labute approximate surface area is 117 Å². The van der Waals surface area contributed by atoms with Crippen LogP contribution in [0.2, 0.25) is 0 Å². The Morgan fingerprint density at radius 3 is 2.48 bits per heavy atom. The average molecular weight is 303 g/mol. The maximum Gasteiger partial charge on any atom is 0.343 e. The summed E-state index contributed by atoms with van der Waals surface area (Å²) >= 11 is 0. The van der Waals surface area contributed by atoms with E-state index in [9.17, 15) is 22.8 Å². The van der Waals surface area contributed by atoms with E-state index in [1.54, 1.807) is 0 Å². The van der Waals surface area contributed by atoms with Crippen LogP contribution in [0.25, 0.3) is 0 Å². The van der Waals surface area contributed by atoms with Gasteiger partial charge in [0.2, 0.25) is 5.67 Å². The quantitative estimate of drug-likeness (QED) is 0.921. The van der Waals surface area contributed by atoms with Gasteiger partial charge in [0.15, 0.2) is 11.6 Å². The van der Waals surface area contributed by atoms with Crippen LogP contribution in [0.3, 0.4) is 0 Å². The molecule has 0 spiro atoms. The second kappa shape index (κ2) is 5.27. The molecule has 0 radical (unpaired) electrons. The number of methoxy groups -OCH3 is 1. The molecule has 0 aromatic heterocycles. The van der Waals surface area contributed by atoms with Gasteiger partial charge < -0.3 is 14.7 Å². The van der Waals surface area contributed by atoms with Gasteiger partial charge in [-0.05, 0) is 12.1 Å². The van der Waals surface area contributed by atoms with Crippen molar-refractivity contribution >= 4 is 11.9 Å². The van der Waals surface area contributed by atoms with Crippen LogP contribution in [0.15, 0.2) is 12.1 Å². The van der Waals surface area contributed by atoms with Crippen LogP contribution in [0.5, 0.6) is 5.75 Å². The van der Waals surface area contributed by atoms with Crippen LogP contribution in [-0.2, 0) is 4.79 Å². The van der Waals surface area contributed by atoms with Crippen LogP contribution in [-0.4, -0.2) is 47.8 Å². The van der Waals surface area contributed by atoms with Crippen molar-refractivity contribution in [1.82, 2.24) is 4.90 Å². The Balaban J connectivity index is 2.35. The molecule has 0 bridgehead atoms. The third-order valence-electron chi connectivity index (χ3n) is 3.37. The molecule has 1 aliphatic heterocycles. The molecule has 0 aliphatic carbocycles. The van der Waals surface area contributed by atoms with E-state index in [4.69, 9.17) is 5.11 Å². The lowest BCUT2D eigenvalue weighted by Crippen LogP contribution is -2.39. The Morgan fingerprint density at radius 1 is 1.33 bits per heavy atom. The number of carbonyl (C=O) groups is 2. The van der Waals surface area contributed by atoms with E-state index < -0.39 is 53.5 Å². The molecular weight excluding hydrogens is 291 g/mol. The van der Waals surface area contributed by atoms with Crippen molar-refractivity contribution in [3.05, 3.63) is 29.3 Å². The van der Waals surface area contributed by atoms with E-state index in [2.05, 4.69) is 4.74 Å². The van der Waals surface area contributed by atoms with E-state index in [0.717, 1.165) is 24.1 Å². The molecule has 2 rings (SSSR count). The number of carboxylic acids is 1. The Morgan fingerprint density at radius 2 is 1.95 bits per heavy atom. The molecule has 1 amide bonds. The molecule has 8 heteroatoms. The molecule has 5 nitrogen and oxygen atoms in total. The van der Waals surface area contributed by atoms with E-state index >= 15 is 0 Å². The van der Waals surface area contributed by atoms with Crippen molar-refractivity contribution in [2.24, 2.45) is 0 Å². The molecule has 21 heavy (non-hydrogen) atoms. The lowest BCUT2D eigenvalue weighted by Gasteiger charge is -2.19. The SMILES string of the molecule is COc1c(F)ccc(F)c1C(=O)N1CCC(F)(C(=O)O)C1. The van der Waals surface area contributed by atoms with Gasteiger partial charge in [0, 0.05) is 13.0 Å². The fraction of sp³-hybridized carbons (Fsp3) is 0.385. The van der Waals surface area contributed by atoms with E-state index in [1.807, 2.05) is 0 Å². The Kier molecular flexibility index (Phi) is 3.80. The minimum Gasteiger partial charge on any atom is -0.493 e. The fourth-order valence-electron chi connectivity index (χ4n) is 2.21. The Hall–Kier alpha value is -2.25. The maximum atomic E-state index is 13.9. The molecule has 0 saturated carbocycles. The molecule has 1 saturated heterocycles. The minimum atomic E-state index is -2.58. The summed E-state index contributed by atoms with van der Waals surface area (Å²) in [5.74, 6) is -5.25. The number of carbonyl (C=O) groups excluding carboxylic acids is 1. The summed E-state index contributed by atoms with van der Waals surface area (Å²) in [5.41, 5.74) is -3.25. The highest BCUT2D eigenvalue weighted by molar-refractivity contribution is 5.98. The third kappa shape index (κ3) is 2.53. The number of benzene rings is 1. The number of aliphatic carboxylic acids is 1. The molecule has 1 N–H and O–H groups in total. The summed E-state index contributed by atoms with van der Waals surface area (Å²) < 4.78 is 45.9. The number of alkyl halides is 1. The number of hydrogen-bond acceptors (Lipinski definition) is 3. The zero-order valence-electron chi connectivity index (χ0n) is 11.0. The summed E-state index contributed by atoms with van der Waals surface area (Å²) in [4.78, 5) is 23.8. The van der Waals surface area contributed by atoms with Gasteiger partial charge in [-0.25, -0.2) is 18.0 Å². The summed E-state index contributed by atoms with van der Waals surface area (Å²) in [6.45, 7) is -0.930. The van der Waals surface area contributed by atoms with E-state index in [1.165, 1.54) is 0 Å². The summed E-state index contributed by atoms with van der Waals surface area (Å²) in [6.07, 6.45) is -0.409. The third-order valence-corrected chi connectivity index (χ3v) is 3.37. The van der Waals surface area contributed by atoms with Gasteiger partial charge in [-0.1, -0.05) is 0 Å². The lowest BCUT2D eigenvalue weighted by molar-refractivity contribution is -0.149. The van der Waals surface area contributed by atoms with Crippen LogP contribution in [0.4, 0.5) is 13.2 Å². The van der Waals surface area contributed by atoms with Gasteiger partial charge in [-0.3, -0.25) is 4.79 Å². The molecule has 1 fully saturated rings. The largest absolute Gasteiger partial charge is 0.493 e. The zero-order valence-corrected chi connectivity index (χ0v) is 11.0.